The summed E-state index contributed by atoms with van der Waals surface area (Å²) in [6.07, 6.45) is 0.263. The maximum absolute atomic E-state index is 12.2. The van der Waals surface area contributed by atoms with Crippen molar-refractivity contribution in [3.63, 3.8) is 0 Å². The molecule has 3 aromatic rings. The van der Waals surface area contributed by atoms with Crippen LogP contribution in [0.4, 0.5) is 5.69 Å². The van der Waals surface area contributed by atoms with Crippen LogP contribution in [0.3, 0.4) is 0 Å². The molecular formula is C21H19N3O2S. The molecule has 0 saturated carbocycles. The third-order valence-electron chi connectivity index (χ3n) is 4.66. The monoisotopic (exact) mass is 377 g/mol. The van der Waals surface area contributed by atoms with Crippen LogP contribution in [-0.2, 0) is 22.6 Å². The van der Waals surface area contributed by atoms with Crippen molar-refractivity contribution in [2.75, 3.05) is 5.32 Å². The van der Waals surface area contributed by atoms with Gasteiger partial charge in [-0.3, -0.25) is 9.59 Å². The molecule has 136 valence electrons. The van der Waals surface area contributed by atoms with E-state index in [2.05, 4.69) is 15.6 Å². The molecule has 5 nitrogen and oxygen atoms in total. The molecule has 2 heterocycles. The smallest absolute Gasteiger partial charge is 0.231 e. The molecule has 0 fully saturated rings. The Morgan fingerprint density at radius 3 is 2.85 bits per heavy atom. The molecule has 1 aliphatic heterocycles. The number of benzene rings is 2. The third-order valence-corrected chi connectivity index (χ3v) is 5.51. The fraction of sp³-hybridized carbons (Fsp3) is 0.190. The van der Waals surface area contributed by atoms with Crippen molar-refractivity contribution in [1.82, 2.24) is 10.3 Å². The first-order valence-electron chi connectivity index (χ1n) is 8.80. The average molecular weight is 377 g/mol. The Bertz CT molecular complexity index is 998. The lowest BCUT2D eigenvalue weighted by Crippen LogP contribution is -2.24. The summed E-state index contributed by atoms with van der Waals surface area (Å²) in [5, 5.41) is 8.53. The van der Waals surface area contributed by atoms with Gasteiger partial charge >= 0.3 is 0 Å². The van der Waals surface area contributed by atoms with Gasteiger partial charge in [0.25, 0.3) is 0 Å². The van der Waals surface area contributed by atoms with Crippen LogP contribution in [0.2, 0.25) is 0 Å². The van der Waals surface area contributed by atoms with Gasteiger partial charge in [-0.05, 0) is 30.2 Å². The first-order valence-corrected chi connectivity index (χ1v) is 9.68. The van der Waals surface area contributed by atoms with E-state index in [1.54, 1.807) is 0 Å². The molecule has 0 spiro atoms. The minimum Gasteiger partial charge on any atom is -0.352 e. The number of anilines is 1. The summed E-state index contributed by atoms with van der Waals surface area (Å²) < 4.78 is 0. The van der Waals surface area contributed by atoms with E-state index >= 15 is 0 Å². The zero-order valence-corrected chi connectivity index (χ0v) is 15.7. The molecule has 0 unspecified atom stereocenters. The standard InChI is InChI=1S/C21H19N3O2S/c1-13-16-9-15(7-8-17(16)24-21(13)26)18-12-27-20(23-18)10-19(25)22-11-14-5-3-2-4-6-14/h2-9,12-13H,10-11H2,1H3,(H,22,25)(H,24,26)/t13-/m1/s1. The number of thiazole rings is 1. The number of hydrogen-bond donors (Lipinski definition) is 2. The van der Waals surface area contributed by atoms with Crippen molar-refractivity contribution in [3.05, 3.63) is 70.0 Å². The highest BCUT2D eigenvalue weighted by molar-refractivity contribution is 7.10. The molecule has 0 aliphatic carbocycles. The van der Waals surface area contributed by atoms with Gasteiger partial charge < -0.3 is 10.6 Å². The van der Waals surface area contributed by atoms with E-state index in [1.807, 2.05) is 60.8 Å². The summed E-state index contributed by atoms with van der Waals surface area (Å²) in [5.41, 5.74) is 4.73. The lowest BCUT2D eigenvalue weighted by molar-refractivity contribution is -0.120. The number of nitrogens with zero attached hydrogens (tertiary/aromatic N) is 1. The molecule has 4 rings (SSSR count). The largest absolute Gasteiger partial charge is 0.352 e. The first kappa shape index (κ1) is 17.4. The topological polar surface area (TPSA) is 71.1 Å². The van der Waals surface area contributed by atoms with Crippen LogP contribution in [0.25, 0.3) is 11.3 Å². The second-order valence-electron chi connectivity index (χ2n) is 6.58. The number of hydrogen-bond acceptors (Lipinski definition) is 4. The summed E-state index contributed by atoms with van der Waals surface area (Å²) in [7, 11) is 0. The highest BCUT2D eigenvalue weighted by atomic mass is 32.1. The Hall–Kier alpha value is -2.99. The molecule has 27 heavy (non-hydrogen) atoms. The maximum atomic E-state index is 12.2. The number of carbonyl (C=O) groups excluding carboxylic acids is 2. The number of nitrogens with one attached hydrogen (secondary N) is 2. The zero-order valence-electron chi connectivity index (χ0n) is 14.9. The Balaban J connectivity index is 1.42. The maximum Gasteiger partial charge on any atom is 0.231 e. The van der Waals surface area contributed by atoms with Gasteiger partial charge in [-0.25, -0.2) is 4.98 Å². The van der Waals surface area contributed by atoms with Crippen molar-refractivity contribution < 1.29 is 9.59 Å². The Kier molecular flexibility index (Phi) is 4.73. The highest BCUT2D eigenvalue weighted by Gasteiger charge is 2.26. The summed E-state index contributed by atoms with van der Waals surface area (Å²) in [4.78, 5) is 28.6. The first-order chi connectivity index (χ1) is 13.1. The Morgan fingerprint density at radius 2 is 2.04 bits per heavy atom. The van der Waals surface area contributed by atoms with Crippen LogP contribution < -0.4 is 10.6 Å². The van der Waals surface area contributed by atoms with E-state index in [4.69, 9.17) is 0 Å². The lowest BCUT2D eigenvalue weighted by Gasteiger charge is -2.04. The van der Waals surface area contributed by atoms with Gasteiger partial charge in [0.2, 0.25) is 11.8 Å². The summed E-state index contributed by atoms with van der Waals surface area (Å²) in [6.45, 7) is 2.41. The summed E-state index contributed by atoms with van der Waals surface area (Å²) >= 11 is 1.47. The second-order valence-corrected chi connectivity index (χ2v) is 7.52. The van der Waals surface area contributed by atoms with Crippen LogP contribution in [0.5, 0.6) is 0 Å². The molecule has 1 aromatic heterocycles. The number of carbonyl (C=O) groups is 2. The number of amides is 2. The fourth-order valence-electron chi connectivity index (χ4n) is 3.10. The van der Waals surface area contributed by atoms with Gasteiger partial charge in [-0.1, -0.05) is 36.4 Å². The van der Waals surface area contributed by atoms with E-state index in [1.165, 1.54) is 11.3 Å². The minimum atomic E-state index is -0.151. The molecule has 2 aromatic carbocycles. The molecule has 0 radical (unpaired) electrons. The molecular weight excluding hydrogens is 358 g/mol. The average Bonchev–Trinajstić information content (AvgIpc) is 3.25. The van der Waals surface area contributed by atoms with Crippen molar-refractivity contribution in [3.8, 4) is 11.3 Å². The highest BCUT2D eigenvalue weighted by Crippen LogP contribution is 2.35. The fourth-order valence-corrected chi connectivity index (χ4v) is 3.90. The van der Waals surface area contributed by atoms with Crippen molar-refractivity contribution in [1.29, 1.82) is 0 Å². The van der Waals surface area contributed by atoms with E-state index < -0.39 is 0 Å². The molecule has 0 bridgehead atoms. The van der Waals surface area contributed by atoms with E-state index in [0.717, 1.165) is 33.1 Å². The van der Waals surface area contributed by atoms with Crippen LogP contribution >= 0.6 is 11.3 Å². The van der Waals surface area contributed by atoms with E-state index in [-0.39, 0.29) is 24.2 Å². The van der Waals surface area contributed by atoms with Crippen molar-refractivity contribution in [2.45, 2.75) is 25.8 Å². The lowest BCUT2D eigenvalue weighted by atomic mass is 10.00. The number of aromatic nitrogens is 1. The predicted molar refractivity (Wildman–Crippen MR) is 107 cm³/mol. The van der Waals surface area contributed by atoms with E-state index in [9.17, 15) is 9.59 Å². The van der Waals surface area contributed by atoms with Crippen LogP contribution in [0.15, 0.2) is 53.9 Å². The number of fused-ring (bicyclic) bond motifs is 1. The molecule has 1 aliphatic rings. The van der Waals surface area contributed by atoms with Gasteiger partial charge in [-0.2, -0.15) is 0 Å². The quantitative estimate of drug-likeness (QED) is 0.712. The summed E-state index contributed by atoms with van der Waals surface area (Å²) in [5.74, 6) is -0.171. The zero-order chi connectivity index (χ0) is 18.8. The van der Waals surface area contributed by atoms with E-state index in [0.29, 0.717) is 6.54 Å². The van der Waals surface area contributed by atoms with Crippen molar-refractivity contribution in [2.24, 2.45) is 0 Å². The molecule has 0 saturated heterocycles. The van der Waals surface area contributed by atoms with Gasteiger partial charge in [0.05, 0.1) is 18.0 Å². The normalized spacial score (nSPS) is 15.3. The SMILES string of the molecule is C[C@H]1C(=O)Nc2ccc(-c3csc(CC(=O)NCc4ccccc4)n3)cc21. The molecule has 2 amide bonds. The van der Waals surface area contributed by atoms with Crippen LogP contribution in [0.1, 0.15) is 29.0 Å². The van der Waals surface area contributed by atoms with Gasteiger partial charge in [0.15, 0.2) is 0 Å². The number of rotatable bonds is 5. The van der Waals surface area contributed by atoms with Crippen LogP contribution in [0, 0.1) is 0 Å². The molecule has 2 N–H and O–H groups in total. The molecule has 1 atom stereocenters. The van der Waals surface area contributed by atoms with Gasteiger partial charge in [0.1, 0.15) is 5.01 Å². The Labute approximate surface area is 161 Å². The predicted octanol–water partition coefficient (Wildman–Crippen LogP) is 3.72. The minimum absolute atomic E-state index is 0.0243. The second kappa shape index (κ2) is 7.32. The third kappa shape index (κ3) is 3.75. The van der Waals surface area contributed by atoms with Crippen LogP contribution in [-0.4, -0.2) is 16.8 Å². The Morgan fingerprint density at radius 1 is 1.22 bits per heavy atom. The molecule has 6 heteroatoms. The summed E-state index contributed by atoms with van der Waals surface area (Å²) in [6, 6.07) is 15.7. The van der Waals surface area contributed by atoms with Gasteiger partial charge in [0, 0.05) is 23.2 Å². The van der Waals surface area contributed by atoms with Gasteiger partial charge in [-0.15, -0.1) is 11.3 Å². The van der Waals surface area contributed by atoms with Crippen molar-refractivity contribution >= 4 is 28.8 Å².